The molecule has 7 nitrogen and oxygen atoms in total. The first-order valence-electron chi connectivity index (χ1n) is 9.47. The van der Waals surface area contributed by atoms with E-state index in [9.17, 15) is 5.11 Å². The molecule has 28 heavy (non-hydrogen) atoms. The summed E-state index contributed by atoms with van der Waals surface area (Å²) in [6.07, 6.45) is 7.20. The average Bonchev–Trinajstić information content (AvgIpc) is 3.08. The Morgan fingerprint density at radius 3 is 2.61 bits per heavy atom. The van der Waals surface area contributed by atoms with Crippen molar-refractivity contribution in [1.29, 1.82) is 0 Å². The number of rotatable bonds is 8. The van der Waals surface area contributed by atoms with E-state index in [1.54, 1.807) is 24.0 Å². The molecule has 2 atom stereocenters. The predicted molar refractivity (Wildman–Crippen MR) is 124 cm³/mol. The number of hydrogen-bond acceptors (Lipinski definition) is 4. The Balaban J connectivity index is 0.00000392. The van der Waals surface area contributed by atoms with Crippen molar-refractivity contribution in [3.8, 4) is 0 Å². The van der Waals surface area contributed by atoms with E-state index in [4.69, 9.17) is 0 Å². The molecular weight excluding hydrogens is 467 g/mol. The Labute approximate surface area is 185 Å². The lowest BCUT2D eigenvalue weighted by Crippen LogP contribution is -2.41. The summed E-state index contributed by atoms with van der Waals surface area (Å²) >= 11 is 0. The van der Waals surface area contributed by atoms with Crippen molar-refractivity contribution in [3.05, 3.63) is 48.0 Å². The van der Waals surface area contributed by atoms with E-state index in [-0.39, 0.29) is 30.5 Å². The summed E-state index contributed by atoms with van der Waals surface area (Å²) in [7, 11) is 1.83. The molecule has 2 aromatic heterocycles. The van der Waals surface area contributed by atoms with Crippen LogP contribution < -0.4 is 10.6 Å². The molecule has 0 saturated heterocycles. The standard InChI is InChI=1S/C20H32N6O.HI/c1-6-22-19(24-14-20(4,27)17-11-25-26(5)13-17)23-12-18(15(2)3)16-8-7-9-21-10-16;/h7-11,13,15,18,27H,6,12,14H2,1-5H3,(H2,22,23,24);1H. The van der Waals surface area contributed by atoms with Gasteiger partial charge in [0.05, 0.1) is 12.7 Å². The van der Waals surface area contributed by atoms with Crippen LogP contribution in [0.15, 0.2) is 41.9 Å². The van der Waals surface area contributed by atoms with Crippen molar-refractivity contribution in [2.75, 3.05) is 19.6 Å². The first-order chi connectivity index (χ1) is 12.8. The Morgan fingerprint density at radius 2 is 2.07 bits per heavy atom. The van der Waals surface area contributed by atoms with Crippen molar-refractivity contribution >= 4 is 29.9 Å². The first-order valence-corrected chi connectivity index (χ1v) is 9.47. The molecule has 2 heterocycles. The fourth-order valence-electron chi connectivity index (χ4n) is 2.91. The van der Waals surface area contributed by atoms with Crippen LogP contribution in [0.1, 0.15) is 44.7 Å². The molecule has 0 aliphatic rings. The van der Waals surface area contributed by atoms with Gasteiger partial charge in [-0.3, -0.25) is 9.67 Å². The van der Waals surface area contributed by atoms with Crippen molar-refractivity contribution < 1.29 is 5.11 Å². The zero-order valence-electron chi connectivity index (χ0n) is 17.4. The highest BCUT2D eigenvalue weighted by Gasteiger charge is 2.25. The maximum Gasteiger partial charge on any atom is 0.191 e. The van der Waals surface area contributed by atoms with E-state index >= 15 is 0 Å². The number of aryl methyl sites for hydroxylation is 1. The molecule has 8 heteroatoms. The summed E-state index contributed by atoms with van der Waals surface area (Å²) in [4.78, 5) is 8.83. The molecule has 2 unspecified atom stereocenters. The Kier molecular flexibility index (Phi) is 9.88. The van der Waals surface area contributed by atoms with Gasteiger partial charge in [0.2, 0.25) is 0 Å². The molecule has 2 aromatic rings. The molecule has 0 radical (unpaired) electrons. The molecule has 0 bridgehead atoms. The maximum absolute atomic E-state index is 10.7. The van der Waals surface area contributed by atoms with Gasteiger partial charge in [-0.2, -0.15) is 5.10 Å². The van der Waals surface area contributed by atoms with Crippen LogP contribution in [0.3, 0.4) is 0 Å². The third-order valence-electron chi connectivity index (χ3n) is 4.62. The summed E-state index contributed by atoms with van der Waals surface area (Å²) in [6.45, 7) is 9.92. The highest BCUT2D eigenvalue weighted by Crippen LogP contribution is 2.23. The topological polar surface area (TPSA) is 87.4 Å². The number of aliphatic imine (C=N–C) groups is 1. The lowest BCUT2D eigenvalue weighted by Gasteiger charge is -2.24. The van der Waals surface area contributed by atoms with Gasteiger partial charge in [0.25, 0.3) is 0 Å². The second kappa shape index (κ2) is 11.4. The van der Waals surface area contributed by atoms with Crippen LogP contribution in [0.5, 0.6) is 0 Å². The minimum absolute atomic E-state index is 0. The SMILES string of the molecule is CCNC(=NCC(C)(O)c1cnn(C)c1)NCC(c1cccnc1)C(C)C.I. The summed E-state index contributed by atoms with van der Waals surface area (Å²) in [6, 6.07) is 4.08. The van der Waals surface area contributed by atoms with Crippen LogP contribution in [0.4, 0.5) is 0 Å². The van der Waals surface area contributed by atoms with Gasteiger partial charge in [0.15, 0.2) is 5.96 Å². The van der Waals surface area contributed by atoms with Gasteiger partial charge < -0.3 is 15.7 Å². The number of hydrogen-bond donors (Lipinski definition) is 3. The highest BCUT2D eigenvalue weighted by molar-refractivity contribution is 14.0. The van der Waals surface area contributed by atoms with Crippen LogP contribution >= 0.6 is 24.0 Å². The highest BCUT2D eigenvalue weighted by atomic mass is 127. The van der Waals surface area contributed by atoms with E-state index in [1.807, 2.05) is 32.4 Å². The van der Waals surface area contributed by atoms with Crippen LogP contribution in [0, 0.1) is 5.92 Å². The molecule has 0 saturated carbocycles. The van der Waals surface area contributed by atoms with Crippen LogP contribution in [-0.2, 0) is 12.6 Å². The van der Waals surface area contributed by atoms with Crippen LogP contribution in [0.2, 0.25) is 0 Å². The third-order valence-corrected chi connectivity index (χ3v) is 4.62. The van der Waals surface area contributed by atoms with Crippen molar-refractivity contribution in [1.82, 2.24) is 25.4 Å². The summed E-state index contributed by atoms with van der Waals surface area (Å²) in [5.41, 5.74) is 0.885. The van der Waals surface area contributed by atoms with Crippen molar-refractivity contribution in [2.45, 2.75) is 39.2 Å². The van der Waals surface area contributed by atoms with Gasteiger partial charge in [-0.1, -0.05) is 19.9 Å². The number of aliphatic hydroxyl groups is 1. The van der Waals surface area contributed by atoms with Gasteiger partial charge in [-0.25, -0.2) is 4.99 Å². The molecule has 0 aliphatic carbocycles. The van der Waals surface area contributed by atoms with E-state index in [1.165, 1.54) is 5.56 Å². The quantitative estimate of drug-likeness (QED) is 0.295. The monoisotopic (exact) mass is 500 g/mol. The summed E-state index contributed by atoms with van der Waals surface area (Å²) in [5, 5.41) is 21.5. The Bertz CT molecular complexity index is 729. The molecule has 0 amide bonds. The van der Waals surface area contributed by atoms with Gasteiger partial charge in [-0.15, -0.1) is 24.0 Å². The van der Waals surface area contributed by atoms with E-state index in [0.717, 1.165) is 18.7 Å². The molecule has 0 aromatic carbocycles. The number of guanidine groups is 1. The summed E-state index contributed by atoms with van der Waals surface area (Å²) in [5.74, 6) is 1.47. The van der Waals surface area contributed by atoms with Gasteiger partial charge in [0, 0.05) is 50.2 Å². The van der Waals surface area contributed by atoms with Crippen molar-refractivity contribution in [3.63, 3.8) is 0 Å². The zero-order valence-corrected chi connectivity index (χ0v) is 19.7. The van der Waals surface area contributed by atoms with E-state index in [2.05, 4.69) is 45.6 Å². The first kappa shape index (κ1) is 24.4. The molecule has 2 rings (SSSR count). The summed E-state index contributed by atoms with van der Waals surface area (Å²) < 4.78 is 1.68. The second-order valence-corrected chi connectivity index (χ2v) is 7.39. The van der Waals surface area contributed by atoms with E-state index < -0.39 is 5.60 Å². The fraction of sp³-hybridized carbons (Fsp3) is 0.550. The fourth-order valence-corrected chi connectivity index (χ4v) is 2.91. The smallest absolute Gasteiger partial charge is 0.191 e. The van der Waals surface area contributed by atoms with Crippen LogP contribution in [-0.4, -0.2) is 45.5 Å². The van der Waals surface area contributed by atoms with Gasteiger partial charge in [-0.05, 0) is 31.4 Å². The normalized spacial score (nSPS) is 14.9. The molecule has 0 fully saturated rings. The molecule has 3 N–H and O–H groups in total. The lowest BCUT2D eigenvalue weighted by atomic mass is 9.89. The minimum atomic E-state index is -1.07. The molecular formula is C20H33IN6O. The molecule has 0 aliphatic heterocycles. The number of halogens is 1. The zero-order chi connectivity index (χ0) is 19.9. The van der Waals surface area contributed by atoms with Gasteiger partial charge >= 0.3 is 0 Å². The lowest BCUT2D eigenvalue weighted by molar-refractivity contribution is 0.0671. The number of aromatic nitrogens is 3. The van der Waals surface area contributed by atoms with Gasteiger partial charge in [0.1, 0.15) is 5.60 Å². The largest absolute Gasteiger partial charge is 0.383 e. The van der Waals surface area contributed by atoms with E-state index in [0.29, 0.717) is 17.8 Å². The average molecular weight is 500 g/mol. The van der Waals surface area contributed by atoms with Crippen molar-refractivity contribution in [2.24, 2.45) is 18.0 Å². The predicted octanol–water partition coefficient (Wildman–Crippen LogP) is 2.64. The number of nitrogens with zero attached hydrogens (tertiary/aromatic N) is 4. The van der Waals surface area contributed by atoms with Crippen LogP contribution in [0.25, 0.3) is 0 Å². The Hall–Kier alpha value is -1.68. The Morgan fingerprint density at radius 1 is 1.32 bits per heavy atom. The minimum Gasteiger partial charge on any atom is -0.383 e. The molecule has 156 valence electrons. The second-order valence-electron chi connectivity index (χ2n) is 7.39. The maximum atomic E-state index is 10.7. The third kappa shape index (κ3) is 7.05. The number of pyridine rings is 1. The number of nitrogens with one attached hydrogen (secondary N) is 2. The molecule has 0 spiro atoms.